The van der Waals surface area contributed by atoms with E-state index in [1.165, 1.54) is 12.1 Å². The Morgan fingerprint density at radius 2 is 2.03 bits per heavy atom. The predicted molar refractivity (Wildman–Crippen MR) is 111 cm³/mol. The lowest BCUT2D eigenvalue weighted by Gasteiger charge is -2.57. The third kappa shape index (κ3) is 4.37. The molecular formula is C21H25ClFN5O3. The summed E-state index contributed by atoms with van der Waals surface area (Å²) in [6.45, 7) is 3.63. The minimum atomic E-state index is -0.593. The number of fused-ring (bicyclic) bond motifs is 3. The van der Waals surface area contributed by atoms with Gasteiger partial charge in [-0.15, -0.1) is 5.10 Å². The van der Waals surface area contributed by atoms with Crippen LogP contribution in [0.1, 0.15) is 55.5 Å². The van der Waals surface area contributed by atoms with Crippen molar-refractivity contribution in [2.24, 2.45) is 5.92 Å². The third-order valence-electron chi connectivity index (χ3n) is 6.57. The highest BCUT2D eigenvalue weighted by Gasteiger charge is 2.54. The zero-order valence-corrected chi connectivity index (χ0v) is 18.2. The number of aryl methyl sites for hydroxylation is 1. The van der Waals surface area contributed by atoms with Gasteiger partial charge < -0.3 is 15.4 Å². The summed E-state index contributed by atoms with van der Waals surface area (Å²) in [5, 5.41) is 12.9. The van der Waals surface area contributed by atoms with E-state index in [2.05, 4.69) is 32.7 Å². The van der Waals surface area contributed by atoms with Gasteiger partial charge in [-0.3, -0.25) is 14.7 Å². The second kappa shape index (κ2) is 8.11. The Morgan fingerprint density at radius 3 is 2.65 bits per heavy atom. The molecule has 166 valence electrons. The molecule has 3 aliphatic carbocycles. The molecule has 3 fully saturated rings. The smallest absolute Gasteiger partial charge is 0.291 e. The first-order valence-electron chi connectivity index (χ1n) is 10.3. The van der Waals surface area contributed by atoms with Crippen LogP contribution in [0.2, 0.25) is 5.02 Å². The van der Waals surface area contributed by atoms with Crippen LogP contribution in [0.15, 0.2) is 18.2 Å². The average Bonchev–Trinajstić information content (AvgIpc) is 3.17. The number of H-pyrrole nitrogens is 1. The number of aromatic amines is 1. The second-order valence-electron chi connectivity index (χ2n) is 8.65. The summed E-state index contributed by atoms with van der Waals surface area (Å²) in [5.41, 5.74) is -0.645. The lowest BCUT2D eigenvalue weighted by molar-refractivity contribution is -0.128. The Hall–Kier alpha value is -2.68. The molecule has 2 amide bonds. The molecule has 1 aromatic heterocycles. The van der Waals surface area contributed by atoms with Crippen LogP contribution < -0.4 is 15.4 Å². The number of amides is 2. The van der Waals surface area contributed by atoms with Gasteiger partial charge in [-0.25, -0.2) is 9.37 Å². The zero-order chi connectivity index (χ0) is 22.2. The first-order valence-corrected chi connectivity index (χ1v) is 10.7. The van der Waals surface area contributed by atoms with Crippen molar-refractivity contribution in [2.45, 2.75) is 57.0 Å². The second-order valence-corrected chi connectivity index (χ2v) is 9.06. The van der Waals surface area contributed by atoms with E-state index in [-0.39, 0.29) is 52.0 Å². The van der Waals surface area contributed by atoms with E-state index in [0.29, 0.717) is 5.82 Å². The topological polar surface area (TPSA) is 109 Å². The van der Waals surface area contributed by atoms with Gasteiger partial charge in [-0.05, 0) is 57.1 Å². The Kier molecular flexibility index (Phi) is 5.63. The van der Waals surface area contributed by atoms with Crippen molar-refractivity contribution in [1.29, 1.82) is 0 Å². The minimum absolute atomic E-state index is 0.00250. The molecular weight excluding hydrogens is 425 g/mol. The normalized spacial score (nSPS) is 27.0. The number of nitrogens with one attached hydrogen (secondary N) is 3. The highest BCUT2D eigenvalue weighted by Crippen LogP contribution is 2.50. The minimum Gasteiger partial charge on any atom is -0.484 e. The number of aromatic nitrogens is 3. The van der Waals surface area contributed by atoms with Crippen LogP contribution >= 0.6 is 11.6 Å². The summed E-state index contributed by atoms with van der Waals surface area (Å²) in [6, 6.07) is 4.07. The van der Waals surface area contributed by atoms with Crippen molar-refractivity contribution < 1.29 is 18.7 Å². The maximum Gasteiger partial charge on any atom is 0.291 e. The molecule has 3 saturated carbocycles. The molecule has 8 nitrogen and oxygen atoms in total. The summed E-state index contributed by atoms with van der Waals surface area (Å²) >= 11 is 5.66. The number of benzene rings is 1. The van der Waals surface area contributed by atoms with Crippen LogP contribution in [-0.2, 0) is 4.79 Å². The van der Waals surface area contributed by atoms with Crippen molar-refractivity contribution in [1.82, 2.24) is 25.8 Å². The van der Waals surface area contributed by atoms with E-state index in [1.54, 1.807) is 6.92 Å². The molecule has 2 bridgehead atoms. The molecule has 5 rings (SSSR count). The van der Waals surface area contributed by atoms with Crippen LogP contribution in [0, 0.1) is 18.7 Å². The Morgan fingerprint density at radius 1 is 1.29 bits per heavy atom. The van der Waals surface area contributed by atoms with Gasteiger partial charge in [0.05, 0.1) is 5.02 Å². The van der Waals surface area contributed by atoms with Crippen LogP contribution in [0.3, 0.4) is 0 Å². The van der Waals surface area contributed by atoms with E-state index in [1.807, 2.05) is 0 Å². The summed E-state index contributed by atoms with van der Waals surface area (Å²) in [6.07, 6.45) is 3.78. The largest absolute Gasteiger partial charge is 0.484 e. The fraction of sp³-hybridized carbons (Fsp3) is 0.524. The van der Waals surface area contributed by atoms with Crippen LogP contribution in [0.25, 0.3) is 0 Å². The number of ether oxygens (including phenoxy) is 1. The standard InChI is InChI=1S/C21H25ClFN5O3/c1-12-10-20(26-19(30)18-24-13(2)27-28-18)5-7-21(12,8-6-20)25-17(29)11-31-14-3-4-15(22)16(23)9-14/h3-4,9,12H,5-8,10-11H2,1-2H3,(H,25,29)(H,26,30)(H,24,27,28). The number of hydrogen-bond acceptors (Lipinski definition) is 5. The summed E-state index contributed by atoms with van der Waals surface area (Å²) in [5.74, 6) is 0.0277. The Labute approximate surface area is 184 Å². The van der Waals surface area contributed by atoms with Crippen LogP contribution in [0.5, 0.6) is 5.75 Å². The number of rotatable bonds is 6. The molecule has 0 radical (unpaired) electrons. The predicted octanol–water partition coefficient (Wildman–Crippen LogP) is 2.92. The third-order valence-corrected chi connectivity index (χ3v) is 6.87. The molecule has 0 aliphatic heterocycles. The molecule has 3 N–H and O–H groups in total. The quantitative estimate of drug-likeness (QED) is 0.628. The van der Waals surface area contributed by atoms with Crippen molar-refractivity contribution >= 4 is 23.4 Å². The molecule has 0 saturated heterocycles. The molecule has 2 aromatic rings. The van der Waals surface area contributed by atoms with Gasteiger partial charge in [0.2, 0.25) is 5.82 Å². The summed E-state index contributed by atoms with van der Waals surface area (Å²) in [7, 11) is 0. The average molecular weight is 450 g/mol. The van der Waals surface area contributed by atoms with E-state index in [0.717, 1.165) is 38.2 Å². The monoisotopic (exact) mass is 449 g/mol. The van der Waals surface area contributed by atoms with Crippen molar-refractivity contribution in [3.05, 3.63) is 40.7 Å². The van der Waals surface area contributed by atoms with E-state index < -0.39 is 5.82 Å². The molecule has 3 aliphatic rings. The SMILES string of the molecule is Cc1nc(C(=O)NC23CCC(NC(=O)COc4ccc(Cl)c(F)c4)(CC2)C(C)C3)n[nH]1. The molecule has 1 atom stereocenters. The Bertz CT molecular complexity index is 1000. The van der Waals surface area contributed by atoms with E-state index >= 15 is 0 Å². The first kappa shape index (κ1) is 21.5. The van der Waals surface area contributed by atoms with Gasteiger partial charge in [-0.1, -0.05) is 18.5 Å². The van der Waals surface area contributed by atoms with Crippen LogP contribution in [0.4, 0.5) is 4.39 Å². The number of carbonyl (C=O) groups is 2. The van der Waals surface area contributed by atoms with Gasteiger partial charge in [0, 0.05) is 17.1 Å². The lowest BCUT2D eigenvalue weighted by Crippen LogP contribution is -2.67. The van der Waals surface area contributed by atoms with Gasteiger partial charge in [0.25, 0.3) is 11.8 Å². The molecule has 1 heterocycles. The maximum atomic E-state index is 13.5. The number of halogens is 2. The van der Waals surface area contributed by atoms with Crippen molar-refractivity contribution in [2.75, 3.05) is 6.61 Å². The molecule has 1 unspecified atom stereocenters. The zero-order valence-electron chi connectivity index (χ0n) is 17.4. The van der Waals surface area contributed by atoms with Crippen molar-refractivity contribution in [3.63, 3.8) is 0 Å². The fourth-order valence-electron chi connectivity index (χ4n) is 4.85. The maximum absolute atomic E-state index is 13.5. The summed E-state index contributed by atoms with van der Waals surface area (Å²) < 4.78 is 19.0. The highest BCUT2D eigenvalue weighted by molar-refractivity contribution is 6.30. The van der Waals surface area contributed by atoms with Gasteiger partial charge in [0.1, 0.15) is 17.4 Å². The number of hydrogen-bond donors (Lipinski definition) is 3. The molecule has 0 spiro atoms. The van der Waals surface area contributed by atoms with Gasteiger partial charge in [-0.2, -0.15) is 0 Å². The summed E-state index contributed by atoms with van der Waals surface area (Å²) in [4.78, 5) is 29.2. The van der Waals surface area contributed by atoms with Crippen molar-refractivity contribution in [3.8, 4) is 5.75 Å². The Balaban J connectivity index is 1.34. The highest BCUT2D eigenvalue weighted by atomic mass is 35.5. The molecule has 31 heavy (non-hydrogen) atoms. The fourth-order valence-corrected chi connectivity index (χ4v) is 4.97. The van der Waals surface area contributed by atoms with Gasteiger partial charge >= 0.3 is 0 Å². The van der Waals surface area contributed by atoms with E-state index in [9.17, 15) is 14.0 Å². The van der Waals surface area contributed by atoms with E-state index in [4.69, 9.17) is 16.3 Å². The first-order chi connectivity index (χ1) is 14.7. The van der Waals surface area contributed by atoms with Gasteiger partial charge in [0.15, 0.2) is 6.61 Å². The molecule has 1 aromatic carbocycles. The number of nitrogens with zero attached hydrogens (tertiary/aromatic N) is 2. The lowest BCUT2D eigenvalue weighted by atomic mass is 9.56. The van der Waals surface area contributed by atoms with Crippen LogP contribution in [-0.4, -0.2) is 44.7 Å². The molecule has 10 heteroatoms. The number of carbonyl (C=O) groups excluding carboxylic acids is 2.